The molecular weight excluding hydrogens is 306 g/mol. The van der Waals surface area contributed by atoms with Gasteiger partial charge in [0.1, 0.15) is 18.1 Å². The van der Waals surface area contributed by atoms with Crippen LogP contribution < -0.4 is 10.1 Å². The predicted octanol–water partition coefficient (Wildman–Crippen LogP) is 3.83. The Morgan fingerprint density at radius 2 is 2.25 bits per heavy atom. The molecule has 2 heterocycles. The number of nitrogens with one attached hydrogen (secondary N) is 1. The molecule has 126 valence electrons. The number of carbonyl (C=O) groups is 1. The third-order valence-corrected chi connectivity index (χ3v) is 3.84. The molecule has 0 radical (unpaired) electrons. The highest BCUT2D eigenvalue weighted by atomic mass is 16.5. The van der Waals surface area contributed by atoms with E-state index in [1.165, 1.54) is 0 Å². The van der Waals surface area contributed by atoms with Crippen LogP contribution in [0.25, 0.3) is 6.08 Å². The van der Waals surface area contributed by atoms with Gasteiger partial charge in [0.05, 0.1) is 12.9 Å². The minimum Gasteiger partial charge on any atom is -0.491 e. The molecule has 1 aromatic carbocycles. The lowest BCUT2D eigenvalue weighted by molar-refractivity contribution is -0.116. The summed E-state index contributed by atoms with van der Waals surface area (Å²) in [6.07, 6.45) is 5.97. The molecule has 1 aliphatic heterocycles. The lowest BCUT2D eigenvalue weighted by Crippen LogP contribution is -2.22. The van der Waals surface area contributed by atoms with E-state index in [0.717, 1.165) is 22.8 Å². The lowest BCUT2D eigenvalue weighted by atomic mass is 9.90. The highest BCUT2D eigenvalue weighted by Crippen LogP contribution is 2.36. The average Bonchev–Trinajstić information content (AvgIpc) is 3.09. The third-order valence-electron chi connectivity index (χ3n) is 3.84. The fourth-order valence-corrected chi connectivity index (χ4v) is 2.70. The number of furan rings is 1. The van der Waals surface area contributed by atoms with Crippen molar-refractivity contribution < 1.29 is 18.7 Å². The Kier molecular flexibility index (Phi) is 5.33. The van der Waals surface area contributed by atoms with E-state index in [-0.39, 0.29) is 11.8 Å². The summed E-state index contributed by atoms with van der Waals surface area (Å²) in [6.45, 7) is 3.66. The molecule has 5 nitrogen and oxygen atoms in total. The minimum atomic E-state index is 0.00283. The van der Waals surface area contributed by atoms with Gasteiger partial charge < -0.3 is 19.2 Å². The molecule has 3 rings (SSSR count). The Morgan fingerprint density at radius 1 is 1.33 bits per heavy atom. The summed E-state index contributed by atoms with van der Waals surface area (Å²) in [5.41, 5.74) is 1.88. The number of amides is 1. The number of allylic oxidation sites excluding steroid dienone is 1. The van der Waals surface area contributed by atoms with E-state index >= 15 is 0 Å². The van der Waals surface area contributed by atoms with Crippen LogP contribution in [0.3, 0.4) is 0 Å². The second-order valence-electron chi connectivity index (χ2n) is 5.53. The van der Waals surface area contributed by atoms with Gasteiger partial charge in [-0.3, -0.25) is 4.79 Å². The first-order valence-corrected chi connectivity index (χ1v) is 8.12. The largest absolute Gasteiger partial charge is 0.491 e. The minimum absolute atomic E-state index is 0.00283. The Balaban J connectivity index is 1.73. The quantitative estimate of drug-likeness (QED) is 0.785. The van der Waals surface area contributed by atoms with Crippen LogP contribution in [-0.2, 0) is 9.53 Å². The van der Waals surface area contributed by atoms with Gasteiger partial charge >= 0.3 is 0 Å². The molecule has 1 N–H and O–H groups in total. The van der Waals surface area contributed by atoms with Crippen molar-refractivity contribution in [2.45, 2.75) is 19.3 Å². The van der Waals surface area contributed by atoms with E-state index in [2.05, 4.69) is 5.32 Å². The zero-order valence-electron chi connectivity index (χ0n) is 13.7. The maximum Gasteiger partial charge on any atom is 0.225 e. The molecule has 0 saturated carbocycles. The van der Waals surface area contributed by atoms with Gasteiger partial charge in [-0.1, -0.05) is 12.1 Å². The van der Waals surface area contributed by atoms with Gasteiger partial charge in [-0.05, 0) is 36.8 Å². The standard InChI is InChI=1S/C19H21NO4/c1-2-22-10-11-24-16-7-8-17-14(5-6-15-4-3-9-23-15)12-19(21)20-18(17)13-16/h3-9,13-14H,2,10-12H2,1H3,(H,20,21)/b6-5+. The summed E-state index contributed by atoms with van der Waals surface area (Å²) in [5.74, 6) is 1.53. The van der Waals surface area contributed by atoms with Crippen molar-refractivity contribution >= 4 is 17.7 Å². The normalized spacial score (nSPS) is 16.9. The monoisotopic (exact) mass is 327 g/mol. The van der Waals surface area contributed by atoms with Crippen LogP contribution >= 0.6 is 0 Å². The fourth-order valence-electron chi connectivity index (χ4n) is 2.70. The number of carbonyl (C=O) groups excluding carboxylic acids is 1. The van der Waals surface area contributed by atoms with Crippen molar-refractivity contribution in [3.05, 3.63) is 54.0 Å². The zero-order chi connectivity index (χ0) is 16.8. The fraction of sp³-hybridized carbons (Fsp3) is 0.316. The maximum absolute atomic E-state index is 12.0. The number of hydrogen-bond acceptors (Lipinski definition) is 4. The molecule has 1 unspecified atom stereocenters. The third kappa shape index (κ3) is 4.06. The van der Waals surface area contributed by atoms with Gasteiger partial charge in [-0.25, -0.2) is 0 Å². The first kappa shape index (κ1) is 16.3. The number of ether oxygens (including phenoxy) is 2. The average molecular weight is 327 g/mol. The van der Waals surface area contributed by atoms with Crippen LogP contribution in [-0.4, -0.2) is 25.7 Å². The van der Waals surface area contributed by atoms with Gasteiger partial charge in [0.25, 0.3) is 0 Å². The van der Waals surface area contributed by atoms with Gasteiger partial charge in [-0.2, -0.15) is 0 Å². The molecule has 24 heavy (non-hydrogen) atoms. The second-order valence-corrected chi connectivity index (χ2v) is 5.53. The number of benzene rings is 1. The van der Waals surface area contributed by atoms with Crippen LogP contribution in [0.1, 0.15) is 30.6 Å². The molecule has 0 saturated heterocycles. The predicted molar refractivity (Wildman–Crippen MR) is 92.2 cm³/mol. The SMILES string of the molecule is CCOCCOc1ccc2c(c1)NC(=O)CC2/C=C/c1ccco1. The summed E-state index contributed by atoms with van der Waals surface area (Å²) < 4.78 is 16.2. The number of rotatable bonds is 7. The summed E-state index contributed by atoms with van der Waals surface area (Å²) in [7, 11) is 0. The van der Waals surface area contributed by atoms with Crippen LogP contribution in [0, 0.1) is 0 Å². The lowest BCUT2D eigenvalue weighted by Gasteiger charge is -2.24. The van der Waals surface area contributed by atoms with Crippen LogP contribution in [0.15, 0.2) is 47.1 Å². The highest BCUT2D eigenvalue weighted by Gasteiger charge is 2.23. The van der Waals surface area contributed by atoms with E-state index in [4.69, 9.17) is 13.9 Å². The molecule has 5 heteroatoms. The molecule has 0 spiro atoms. The summed E-state index contributed by atoms with van der Waals surface area (Å²) >= 11 is 0. The highest BCUT2D eigenvalue weighted by molar-refractivity contribution is 5.95. The molecule has 0 aliphatic carbocycles. The Bertz CT molecular complexity index is 706. The number of hydrogen-bond donors (Lipinski definition) is 1. The molecule has 1 aromatic heterocycles. The van der Waals surface area contributed by atoms with Crippen LogP contribution in [0.2, 0.25) is 0 Å². The smallest absolute Gasteiger partial charge is 0.225 e. The molecule has 2 aromatic rings. The van der Waals surface area contributed by atoms with Crippen molar-refractivity contribution in [1.82, 2.24) is 0 Å². The second kappa shape index (κ2) is 7.84. The molecule has 0 fully saturated rings. The topological polar surface area (TPSA) is 60.7 Å². The molecular formula is C19H21NO4. The number of fused-ring (bicyclic) bond motifs is 1. The van der Waals surface area contributed by atoms with Gasteiger partial charge in [0.15, 0.2) is 0 Å². The van der Waals surface area contributed by atoms with E-state index in [1.807, 2.05) is 49.4 Å². The number of anilines is 1. The van der Waals surface area contributed by atoms with Crippen molar-refractivity contribution in [2.75, 3.05) is 25.1 Å². The molecule has 1 amide bonds. The van der Waals surface area contributed by atoms with Gasteiger partial charge in [-0.15, -0.1) is 0 Å². The summed E-state index contributed by atoms with van der Waals surface area (Å²) in [6, 6.07) is 9.52. The summed E-state index contributed by atoms with van der Waals surface area (Å²) in [4.78, 5) is 12.0. The van der Waals surface area contributed by atoms with Gasteiger partial charge in [0.2, 0.25) is 5.91 Å². The molecule has 1 atom stereocenters. The van der Waals surface area contributed by atoms with E-state index < -0.39 is 0 Å². The Morgan fingerprint density at radius 3 is 3.04 bits per heavy atom. The van der Waals surface area contributed by atoms with E-state index in [1.54, 1.807) is 6.26 Å². The first-order valence-electron chi connectivity index (χ1n) is 8.12. The molecule has 0 bridgehead atoms. The van der Waals surface area contributed by atoms with Crippen molar-refractivity contribution in [3.8, 4) is 5.75 Å². The summed E-state index contributed by atoms with van der Waals surface area (Å²) in [5, 5.41) is 2.92. The van der Waals surface area contributed by atoms with Gasteiger partial charge in [0, 0.05) is 30.7 Å². The van der Waals surface area contributed by atoms with Crippen molar-refractivity contribution in [2.24, 2.45) is 0 Å². The Labute approximate surface area is 141 Å². The first-order chi connectivity index (χ1) is 11.8. The van der Waals surface area contributed by atoms with E-state index in [0.29, 0.717) is 26.2 Å². The maximum atomic E-state index is 12.0. The van der Waals surface area contributed by atoms with E-state index in [9.17, 15) is 4.79 Å². The Hall–Kier alpha value is -2.53. The van der Waals surface area contributed by atoms with Crippen molar-refractivity contribution in [3.63, 3.8) is 0 Å². The zero-order valence-corrected chi connectivity index (χ0v) is 13.7. The van der Waals surface area contributed by atoms with Crippen LogP contribution in [0.4, 0.5) is 5.69 Å². The van der Waals surface area contributed by atoms with Crippen LogP contribution in [0.5, 0.6) is 5.75 Å². The molecule has 1 aliphatic rings. The van der Waals surface area contributed by atoms with Crippen molar-refractivity contribution in [1.29, 1.82) is 0 Å².